The molecule has 6 heteroatoms. The van der Waals surface area contributed by atoms with Crippen molar-refractivity contribution in [1.82, 2.24) is 5.32 Å². The molecule has 3 atom stereocenters. The van der Waals surface area contributed by atoms with Gasteiger partial charge in [0, 0.05) is 6.42 Å². The average Bonchev–Trinajstić information content (AvgIpc) is 3.23. The van der Waals surface area contributed by atoms with Gasteiger partial charge in [0.25, 0.3) is 0 Å². The first-order chi connectivity index (χ1) is 29.0. The highest BCUT2D eigenvalue weighted by Crippen LogP contribution is 2.16. The molecule has 0 fully saturated rings. The summed E-state index contributed by atoms with van der Waals surface area (Å²) < 4.78 is 5.89. The first-order valence-corrected chi connectivity index (χ1v) is 24.7. The van der Waals surface area contributed by atoms with Crippen LogP contribution in [0.15, 0.2) is 72.9 Å². The van der Waals surface area contributed by atoms with Crippen molar-refractivity contribution in [3.63, 3.8) is 0 Å². The van der Waals surface area contributed by atoms with E-state index >= 15 is 0 Å². The lowest BCUT2D eigenvalue weighted by Gasteiger charge is -2.24. The third kappa shape index (κ3) is 41.8. The summed E-state index contributed by atoms with van der Waals surface area (Å²) in [6.45, 7) is 6.31. The number of hydrogen-bond donors (Lipinski definition) is 3. The van der Waals surface area contributed by atoms with E-state index in [2.05, 4.69) is 80.8 Å². The van der Waals surface area contributed by atoms with Gasteiger partial charge < -0.3 is 20.3 Å². The fourth-order valence-electron chi connectivity index (χ4n) is 7.14. The molecule has 0 bridgehead atoms. The number of carbonyl (C=O) groups excluding carboxylic acids is 2. The minimum atomic E-state index is -0.805. The number of rotatable bonds is 43. The van der Waals surface area contributed by atoms with Crippen molar-refractivity contribution >= 4 is 11.9 Å². The Morgan fingerprint density at radius 3 is 1.44 bits per heavy atom. The van der Waals surface area contributed by atoms with Crippen molar-refractivity contribution in [2.24, 2.45) is 0 Å². The van der Waals surface area contributed by atoms with Gasteiger partial charge in [0.2, 0.25) is 5.91 Å². The molecule has 0 aromatic carbocycles. The summed E-state index contributed by atoms with van der Waals surface area (Å²) >= 11 is 0. The summed E-state index contributed by atoms with van der Waals surface area (Å²) in [7, 11) is 0. The van der Waals surface area contributed by atoms with Gasteiger partial charge in [-0.25, -0.2) is 0 Å². The first-order valence-electron chi connectivity index (χ1n) is 24.7. The topological polar surface area (TPSA) is 95.9 Å². The van der Waals surface area contributed by atoms with Crippen molar-refractivity contribution in [3.05, 3.63) is 72.9 Å². The smallest absolute Gasteiger partial charge is 0.306 e. The maximum absolute atomic E-state index is 13.2. The second kappa shape index (κ2) is 46.4. The predicted octanol–water partition coefficient (Wildman–Crippen LogP) is 14.6. The maximum atomic E-state index is 13.2. The molecule has 0 radical (unpaired) electrons. The van der Waals surface area contributed by atoms with E-state index in [-0.39, 0.29) is 24.9 Å². The number of nitrogens with one attached hydrogen (secondary N) is 1. The second-order valence-corrected chi connectivity index (χ2v) is 16.6. The standard InChI is InChI=1S/C53H93NO5/c1-4-7-10-13-16-19-22-24-26-28-31-34-37-40-43-46-53(58)59-49(44-41-38-35-32-30-27-25-23-20-17-14-11-8-5-2)47-52(57)54-50(48-55)51(56)45-42-39-36-33-29-21-18-15-12-9-6-3/h7,10,13,16,19,22,24,26-27,30,32,35,49-51,55-56H,4-6,8-9,11-12,14-15,17-18,20-21,23,25,28-29,31,33-34,36-48H2,1-3H3,(H,54,57)/b10-7+,16-13+,22-19+,26-24-,30-27+,35-32+. The zero-order chi connectivity index (χ0) is 43.1. The molecule has 6 nitrogen and oxygen atoms in total. The molecule has 1 amide bonds. The van der Waals surface area contributed by atoms with Crippen LogP contribution in [0.3, 0.4) is 0 Å². The Labute approximate surface area is 364 Å². The summed E-state index contributed by atoms with van der Waals surface area (Å²) in [5.41, 5.74) is 0. The van der Waals surface area contributed by atoms with Gasteiger partial charge in [-0.05, 0) is 64.2 Å². The van der Waals surface area contributed by atoms with Crippen LogP contribution in [0.4, 0.5) is 0 Å². The van der Waals surface area contributed by atoms with E-state index in [9.17, 15) is 19.8 Å². The first kappa shape index (κ1) is 56.3. The summed E-state index contributed by atoms with van der Waals surface area (Å²) in [5.74, 6) is -0.551. The predicted molar refractivity (Wildman–Crippen MR) is 255 cm³/mol. The zero-order valence-electron chi connectivity index (χ0n) is 38.6. The van der Waals surface area contributed by atoms with Gasteiger partial charge in [-0.15, -0.1) is 0 Å². The molecular weight excluding hydrogens is 731 g/mol. The lowest BCUT2D eigenvalue weighted by atomic mass is 10.0. The second-order valence-electron chi connectivity index (χ2n) is 16.6. The number of aliphatic hydroxyl groups excluding tert-OH is 2. The van der Waals surface area contributed by atoms with Crippen LogP contribution in [-0.2, 0) is 14.3 Å². The van der Waals surface area contributed by atoms with Crippen LogP contribution >= 0.6 is 0 Å². The van der Waals surface area contributed by atoms with Crippen LogP contribution in [-0.4, -0.2) is 46.9 Å². The molecule has 0 aliphatic rings. The largest absolute Gasteiger partial charge is 0.462 e. The van der Waals surface area contributed by atoms with E-state index < -0.39 is 18.2 Å². The zero-order valence-corrected chi connectivity index (χ0v) is 38.6. The van der Waals surface area contributed by atoms with Gasteiger partial charge in [-0.3, -0.25) is 9.59 Å². The van der Waals surface area contributed by atoms with Crippen LogP contribution in [0.25, 0.3) is 0 Å². The van der Waals surface area contributed by atoms with E-state index in [1.807, 2.05) is 18.2 Å². The number of hydrogen-bond acceptors (Lipinski definition) is 5. The fourth-order valence-corrected chi connectivity index (χ4v) is 7.14. The lowest BCUT2D eigenvalue weighted by molar-refractivity contribution is -0.151. The molecule has 3 unspecified atom stereocenters. The quantitative estimate of drug-likeness (QED) is 0.0323. The molecule has 0 saturated heterocycles. The van der Waals surface area contributed by atoms with E-state index in [4.69, 9.17) is 4.74 Å². The number of amides is 1. The van der Waals surface area contributed by atoms with Gasteiger partial charge in [0.05, 0.1) is 25.2 Å². The highest BCUT2D eigenvalue weighted by atomic mass is 16.5. The van der Waals surface area contributed by atoms with Gasteiger partial charge in [0.1, 0.15) is 6.10 Å². The van der Waals surface area contributed by atoms with E-state index in [0.717, 1.165) is 83.5 Å². The summed E-state index contributed by atoms with van der Waals surface area (Å²) in [6.07, 6.45) is 58.2. The minimum absolute atomic E-state index is 0.0321. The van der Waals surface area contributed by atoms with E-state index in [1.54, 1.807) is 0 Å². The number of aliphatic hydroxyl groups is 2. The SMILES string of the molecule is CC/C=C/C=C/C=C/C=C\CCCCCCCC(=O)OC(CCC/C=C/C=C/CCCCCCCCC)CC(=O)NC(CO)C(O)CCCCCCCCCCCCC. The van der Waals surface area contributed by atoms with Crippen LogP contribution in [0.5, 0.6) is 0 Å². The Bertz CT molecular complexity index is 1110. The summed E-state index contributed by atoms with van der Waals surface area (Å²) in [6, 6.07) is -0.722. The molecule has 3 N–H and O–H groups in total. The van der Waals surface area contributed by atoms with Gasteiger partial charge in [-0.2, -0.15) is 0 Å². The number of ether oxygens (including phenoxy) is 1. The lowest BCUT2D eigenvalue weighted by Crippen LogP contribution is -2.46. The van der Waals surface area contributed by atoms with E-state index in [1.165, 1.54) is 96.3 Å². The van der Waals surface area contributed by atoms with Crippen LogP contribution in [0.2, 0.25) is 0 Å². The highest BCUT2D eigenvalue weighted by molar-refractivity contribution is 5.77. The average molecular weight is 824 g/mol. The molecule has 0 saturated carbocycles. The van der Waals surface area contributed by atoms with Crippen molar-refractivity contribution in [3.8, 4) is 0 Å². The van der Waals surface area contributed by atoms with Crippen molar-refractivity contribution in [2.45, 2.75) is 244 Å². The molecular formula is C53H93NO5. The number of esters is 1. The van der Waals surface area contributed by atoms with Crippen molar-refractivity contribution in [2.75, 3.05) is 6.61 Å². The Hall–Kier alpha value is -2.70. The molecule has 0 spiro atoms. The fraction of sp³-hybridized carbons (Fsp3) is 0.736. The number of carbonyl (C=O) groups is 2. The molecule has 0 aromatic heterocycles. The Kier molecular flexibility index (Phi) is 44.2. The molecule has 0 aliphatic heterocycles. The number of allylic oxidation sites excluding steroid dienone is 12. The van der Waals surface area contributed by atoms with Gasteiger partial charge in [0.15, 0.2) is 0 Å². The minimum Gasteiger partial charge on any atom is -0.462 e. The molecule has 0 aliphatic carbocycles. The normalized spacial score (nSPS) is 13.9. The maximum Gasteiger partial charge on any atom is 0.306 e. The van der Waals surface area contributed by atoms with Crippen molar-refractivity contribution < 1.29 is 24.5 Å². The summed E-state index contributed by atoms with van der Waals surface area (Å²) in [5, 5.41) is 23.7. The molecule has 0 rings (SSSR count). The highest BCUT2D eigenvalue weighted by Gasteiger charge is 2.24. The van der Waals surface area contributed by atoms with Crippen molar-refractivity contribution in [1.29, 1.82) is 0 Å². The monoisotopic (exact) mass is 824 g/mol. The Balaban J connectivity index is 4.72. The van der Waals surface area contributed by atoms with Crippen LogP contribution in [0, 0.1) is 0 Å². The van der Waals surface area contributed by atoms with Crippen LogP contribution in [0.1, 0.15) is 226 Å². The number of unbranched alkanes of at least 4 members (excludes halogenated alkanes) is 23. The molecule has 59 heavy (non-hydrogen) atoms. The van der Waals surface area contributed by atoms with Crippen LogP contribution < -0.4 is 5.32 Å². The third-order valence-corrected chi connectivity index (χ3v) is 10.9. The van der Waals surface area contributed by atoms with E-state index in [0.29, 0.717) is 19.3 Å². The molecule has 0 heterocycles. The Morgan fingerprint density at radius 1 is 0.508 bits per heavy atom. The summed E-state index contributed by atoms with van der Waals surface area (Å²) in [4.78, 5) is 26.1. The molecule has 0 aromatic rings. The van der Waals surface area contributed by atoms with Gasteiger partial charge in [-0.1, -0.05) is 222 Å². The Morgan fingerprint density at radius 2 is 0.932 bits per heavy atom. The molecule has 340 valence electrons. The third-order valence-electron chi connectivity index (χ3n) is 10.9. The van der Waals surface area contributed by atoms with Gasteiger partial charge >= 0.3 is 5.97 Å².